The second-order valence-corrected chi connectivity index (χ2v) is 4.79. The van der Waals surface area contributed by atoms with Crippen molar-refractivity contribution in [1.82, 2.24) is 4.90 Å². The lowest BCUT2D eigenvalue weighted by atomic mass is 9.99. The van der Waals surface area contributed by atoms with Crippen molar-refractivity contribution in [3.63, 3.8) is 0 Å². The molecule has 2 aliphatic heterocycles. The van der Waals surface area contributed by atoms with Crippen molar-refractivity contribution >= 4 is 5.91 Å². The van der Waals surface area contributed by atoms with Crippen LogP contribution in [0.1, 0.15) is 28.8 Å². The number of carbonyl (C=O) groups is 1. The Morgan fingerprint density at radius 3 is 3.06 bits per heavy atom. The molecule has 0 bridgehead atoms. The van der Waals surface area contributed by atoms with Gasteiger partial charge < -0.3 is 9.64 Å². The van der Waals surface area contributed by atoms with Gasteiger partial charge in [-0.05, 0) is 30.9 Å². The van der Waals surface area contributed by atoms with Crippen LogP contribution in [-0.2, 0) is 11.2 Å². The lowest BCUT2D eigenvalue weighted by molar-refractivity contribution is 0.0511. The van der Waals surface area contributed by atoms with Gasteiger partial charge in [0.05, 0.1) is 6.10 Å². The summed E-state index contributed by atoms with van der Waals surface area (Å²) >= 11 is 0. The Bertz CT molecular complexity index is 424. The fourth-order valence-electron chi connectivity index (χ4n) is 2.68. The summed E-state index contributed by atoms with van der Waals surface area (Å²) in [5.74, 6) is 0.169. The van der Waals surface area contributed by atoms with Crippen LogP contribution in [0.5, 0.6) is 0 Å². The van der Waals surface area contributed by atoms with E-state index in [2.05, 4.69) is 6.07 Å². The van der Waals surface area contributed by atoms with E-state index in [0.29, 0.717) is 0 Å². The molecular weight excluding hydrogens is 214 g/mol. The molecule has 0 N–H and O–H groups in total. The van der Waals surface area contributed by atoms with E-state index in [1.807, 2.05) is 23.1 Å². The van der Waals surface area contributed by atoms with Crippen LogP contribution in [0.25, 0.3) is 0 Å². The molecule has 3 rings (SSSR count). The zero-order valence-electron chi connectivity index (χ0n) is 9.89. The van der Waals surface area contributed by atoms with Crippen molar-refractivity contribution in [2.75, 3.05) is 19.7 Å². The van der Waals surface area contributed by atoms with E-state index in [1.165, 1.54) is 5.56 Å². The van der Waals surface area contributed by atoms with E-state index in [0.717, 1.165) is 44.5 Å². The summed E-state index contributed by atoms with van der Waals surface area (Å²) in [5, 5.41) is 0. The van der Waals surface area contributed by atoms with E-state index < -0.39 is 0 Å². The summed E-state index contributed by atoms with van der Waals surface area (Å²) in [6.07, 6.45) is 3.44. The molecule has 3 nitrogen and oxygen atoms in total. The predicted molar refractivity (Wildman–Crippen MR) is 65.0 cm³/mol. The molecule has 3 heteroatoms. The van der Waals surface area contributed by atoms with Crippen molar-refractivity contribution in [2.24, 2.45) is 0 Å². The minimum atomic E-state index is 0.169. The number of hydrogen-bond donors (Lipinski definition) is 0. The Balaban J connectivity index is 1.74. The Morgan fingerprint density at radius 2 is 2.24 bits per heavy atom. The molecular formula is C14H17NO2. The maximum Gasteiger partial charge on any atom is 0.254 e. The van der Waals surface area contributed by atoms with E-state index in [-0.39, 0.29) is 12.0 Å². The molecule has 1 saturated heterocycles. The SMILES string of the molecule is O=C1c2ccccc2CCN1CC1CCCO1. The summed E-state index contributed by atoms with van der Waals surface area (Å²) < 4.78 is 5.60. The Kier molecular flexibility index (Phi) is 2.85. The molecule has 0 aromatic heterocycles. The van der Waals surface area contributed by atoms with Gasteiger partial charge in [0.25, 0.3) is 5.91 Å². The normalized spacial score (nSPS) is 23.9. The fraction of sp³-hybridized carbons (Fsp3) is 0.500. The molecule has 1 fully saturated rings. The summed E-state index contributed by atoms with van der Waals surface area (Å²) in [4.78, 5) is 14.2. The topological polar surface area (TPSA) is 29.5 Å². The monoisotopic (exact) mass is 231 g/mol. The van der Waals surface area contributed by atoms with Crippen LogP contribution in [-0.4, -0.2) is 36.6 Å². The van der Waals surface area contributed by atoms with E-state index >= 15 is 0 Å². The second-order valence-electron chi connectivity index (χ2n) is 4.79. The molecule has 90 valence electrons. The number of fused-ring (bicyclic) bond motifs is 1. The fourth-order valence-corrected chi connectivity index (χ4v) is 2.68. The molecule has 1 unspecified atom stereocenters. The van der Waals surface area contributed by atoms with Crippen molar-refractivity contribution in [3.05, 3.63) is 35.4 Å². The molecule has 0 spiro atoms. The van der Waals surface area contributed by atoms with E-state index in [4.69, 9.17) is 4.74 Å². The van der Waals surface area contributed by atoms with Gasteiger partial charge in [0.1, 0.15) is 0 Å². The molecule has 17 heavy (non-hydrogen) atoms. The third kappa shape index (κ3) is 2.07. The average molecular weight is 231 g/mol. The minimum absolute atomic E-state index is 0.169. The number of carbonyl (C=O) groups excluding carboxylic acids is 1. The minimum Gasteiger partial charge on any atom is -0.376 e. The van der Waals surface area contributed by atoms with Crippen LogP contribution < -0.4 is 0 Å². The number of hydrogen-bond acceptors (Lipinski definition) is 2. The van der Waals surface area contributed by atoms with Crippen molar-refractivity contribution in [3.8, 4) is 0 Å². The first-order valence-corrected chi connectivity index (χ1v) is 6.33. The van der Waals surface area contributed by atoms with Crippen molar-refractivity contribution in [1.29, 1.82) is 0 Å². The Labute approximate surface area is 101 Å². The third-order valence-corrected chi connectivity index (χ3v) is 3.63. The van der Waals surface area contributed by atoms with Crippen molar-refractivity contribution < 1.29 is 9.53 Å². The zero-order valence-corrected chi connectivity index (χ0v) is 9.89. The zero-order chi connectivity index (χ0) is 11.7. The van der Waals surface area contributed by atoms with Gasteiger partial charge in [-0.1, -0.05) is 18.2 Å². The number of amides is 1. The lowest BCUT2D eigenvalue weighted by Crippen LogP contribution is -2.41. The van der Waals surface area contributed by atoms with E-state index in [9.17, 15) is 4.79 Å². The van der Waals surface area contributed by atoms with Gasteiger partial charge in [-0.25, -0.2) is 0 Å². The number of benzene rings is 1. The number of rotatable bonds is 2. The summed E-state index contributed by atoms with van der Waals surface area (Å²) in [5.41, 5.74) is 2.05. The van der Waals surface area contributed by atoms with Crippen LogP contribution in [0.15, 0.2) is 24.3 Å². The third-order valence-electron chi connectivity index (χ3n) is 3.63. The lowest BCUT2D eigenvalue weighted by Gasteiger charge is -2.30. The van der Waals surface area contributed by atoms with E-state index in [1.54, 1.807) is 0 Å². The average Bonchev–Trinajstić information content (AvgIpc) is 2.86. The molecule has 0 aliphatic carbocycles. The maximum absolute atomic E-state index is 12.3. The molecule has 1 aromatic rings. The van der Waals surface area contributed by atoms with Crippen LogP contribution in [0.4, 0.5) is 0 Å². The van der Waals surface area contributed by atoms with Gasteiger partial charge in [0, 0.05) is 25.3 Å². The molecule has 1 atom stereocenters. The van der Waals surface area contributed by atoms with Gasteiger partial charge in [-0.3, -0.25) is 4.79 Å². The van der Waals surface area contributed by atoms with Gasteiger partial charge >= 0.3 is 0 Å². The van der Waals surface area contributed by atoms with Crippen LogP contribution >= 0.6 is 0 Å². The van der Waals surface area contributed by atoms with Gasteiger partial charge in [0.15, 0.2) is 0 Å². The highest BCUT2D eigenvalue weighted by molar-refractivity contribution is 5.96. The quantitative estimate of drug-likeness (QED) is 0.777. The number of nitrogens with zero attached hydrogens (tertiary/aromatic N) is 1. The standard InChI is InChI=1S/C14H17NO2/c16-14-13-6-2-1-4-11(13)7-8-15(14)10-12-5-3-9-17-12/h1-2,4,6,12H,3,5,7-10H2. The highest BCUT2D eigenvalue weighted by Crippen LogP contribution is 2.21. The second kappa shape index (κ2) is 4.49. The molecule has 1 amide bonds. The van der Waals surface area contributed by atoms with Crippen LogP contribution in [0.2, 0.25) is 0 Å². The van der Waals surface area contributed by atoms with Gasteiger partial charge in [-0.15, -0.1) is 0 Å². The smallest absolute Gasteiger partial charge is 0.254 e. The molecule has 2 heterocycles. The first kappa shape index (κ1) is 10.8. The summed E-state index contributed by atoms with van der Waals surface area (Å²) in [6.45, 7) is 2.44. The summed E-state index contributed by atoms with van der Waals surface area (Å²) in [7, 11) is 0. The van der Waals surface area contributed by atoms with Crippen molar-refractivity contribution in [2.45, 2.75) is 25.4 Å². The Hall–Kier alpha value is -1.35. The number of ether oxygens (including phenoxy) is 1. The Morgan fingerprint density at radius 1 is 1.35 bits per heavy atom. The first-order valence-electron chi connectivity index (χ1n) is 6.33. The molecule has 1 aromatic carbocycles. The highest BCUT2D eigenvalue weighted by atomic mass is 16.5. The first-order chi connectivity index (χ1) is 8.34. The van der Waals surface area contributed by atoms with Gasteiger partial charge in [0.2, 0.25) is 0 Å². The predicted octanol–water partition coefficient (Wildman–Crippen LogP) is 1.86. The largest absolute Gasteiger partial charge is 0.376 e. The van der Waals surface area contributed by atoms with Crippen LogP contribution in [0, 0.1) is 0 Å². The van der Waals surface area contributed by atoms with Gasteiger partial charge in [-0.2, -0.15) is 0 Å². The molecule has 0 radical (unpaired) electrons. The molecule has 0 saturated carbocycles. The van der Waals surface area contributed by atoms with Crippen LogP contribution in [0.3, 0.4) is 0 Å². The molecule has 2 aliphatic rings. The summed E-state index contributed by atoms with van der Waals surface area (Å²) in [6, 6.07) is 7.92. The highest BCUT2D eigenvalue weighted by Gasteiger charge is 2.27. The maximum atomic E-state index is 12.3.